The van der Waals surface area contributed by atoms with E-state index in [0.717, 1.165) is 61.6 Å². The lowest BCUT2D eigenvalue weighted by molar-refractivity contribution is -0.0986. The molecule has 0 radical (unpaired) electrons. The molecule has 3 aliphatic heterocycles. The summed E-state index contributed by atoms with van der Waals surface area (Å²) >= 11 is 0. The van der Waals surface area contributed by atoms with E-state index < -0.39 is 0 Å². The van der Waals surface area contributed by atoms with Crippen LogP contribution < -0.4 is 15.0 Å². The van der Waals surface area contributed by atoms with Gasteiger partial charge in [0, 0.05) is 36.2 Å². The lowest BCUT2D eigenvalue weighted by atomic mass is 9.85. The highest BCUT2D eigenvalue weighted by Gasteiger charge is 2.45. The number of anilines is 2. The van der Waals surface area contributed by atoms with Gasteiger partial charge in [0.1, 0.15) is 11.3 Å². The fraction of sp³-hybridized carbons (Fsp3) is 0.364. The number of rotatable bonds is 3. The molecule has 1 spiro atoms. The van der Waals surface area contributed by atoms with Crippen molar-refractivity contribution in [3.05, 3.63) is 47.5 Å². The standard InChI is InChI=1S/C22H21N3O4/c26-20(15-1-3-18-14(9-15)5-8-28-18)23-16-2-4-19-17(10-16)24-21(29-19)25-7-6-22(11-25)12-27-13-22/h1-4,9-10H,5-8,11-13H2,(H,23,26). The number of carbonyl (C=O) groups is 1. The predicted octanol–water partition coefficient (Wildman–Crippen LogP) is 3.24. The first-order valence-corrected chi connectivity index (χ1v) is 9.98. The number of oxazole rings is 1. The third-order valence-electron chi connectivity index (χ3n) is 6.11. The van der Waals surface area contributed by atoms with Crippen LogP contribution in [-0.4, -0.2) is 43.8 Å². The number of aromatic nitrogens is 1. The van der Waals surface area contributed by atoms with E-state index in [2.05, 4.69) is 15.2 Å². The molecule has 2 saturated heterocycles. The summed E-state index contributed by atoms with van der Waals surface area (Å²) < 4.78 is 16.9. The van der Waals surface area contributed by atoms with E-state index in [-0.39, 0.29) is 11.3 Å². The molecular weight excluding hydrogens is 370 g/mol. The second-order valence-electron chi connectivity index (χ2n) is 8.22. The second kappa shape index (κ2) is 6.22. The SMILES string of the molecule is O=C(Nc1ccc2oc(N3CCC4(COC4)C3)nc2c1)c1ccc2c(c1)CCO2. The molecule has 29 heavy (non-hydrogen) atoms. The number of amides is 1. The number of hydrogen-bond donors (Lipinski definition) is 1. The maximum absolute atomic E-state index is 12.7. The third kappa shape index (κ3) is 2.84. The molecule has 1 amide bonds. The van der Waals surface area contributed by atoms with Crippen molar-refractivity contribution in [2.75, 3.05) is 43.1 Å². The van der Waals surface area contributed by atoms with Crippen molar-refractivity contribution in [3.8, 4) is 5.75 Å². The highest BCUT2D eigenvalue weighted by molar-refractivity contribution is 6.05. The first kappa shape index (κ1) is 16.9. The lowest BCUT2D eigenvalue weighted by Crippen LogP contribution is -2.44. The van der Waals surface area contributed by atoms with E-state index in [4.69, 9.17) is 13.9 Å². The summed E-state index contributed by atoms with van der Waals surface area (Å²) in [4.78, 5) is 19.5. The van der Waals surface area contributed by atoms with Crippen LogP contribution in [0.15, 0.2) is 40.8 Å². The van der Waals surface area contributed by atoms with Gasteiger partial charge in [0.15, 0.2) is 5.58 Å². The fourth-order valence-corrected chi connectivity index (χ4v) is 4.38. The van der Waals surface area contributed by atoms with Gasteiger partial charge >= 0.3 is 0 Å². The normalized spacial score (nSPS) is 19.2. The number of carbonyl (C=O) groups excluding carboxylic acids is 1. The van der Waals surface area contributed by atoms with Crippen LogP contribution in [-0.2, 0) is 11.2 Å². The zero-order valence-corrected chi connectivity index (χ0v) is 15.9. The van der Waals surface area contributed by atoms with Crippen LogP contribution >= 0.6 is 0 Å². The number of nitrogens with one attached hydrogen (secondary N) is 1. The molecule has 7 heteroatoms. The number of fused-ring (bicyclic) bond motifs is 2. The molecule has 0 atom stereocenters. The van der Waals surface area contributed by atoms with Crippen LogP contribution in [0.5, 0.6) is 5.75 Å². The minimum atomic E-state index is -0.144. The quantitative estimate of drug-likeness (QED) is 0.739. The van der Waals surface area contributed by atoms with Crippen molar-refractivity contribution in [2.24, 2.45) is 5.41 Å². The predicted molar refractivity (Wildman–Crippen MR) is 108 cm³/mol. The summed E-state index contributed by atoms with van der Waals surface area (Å²) in [7, 11) is 0. The van der Waals surface area contributed by atoms with Crippen LogP contribution in [0.2, 0.25) is 0 Å². The van der Waals surface area contributed by atoms with Gasteiger partial charge in [0.25, 0.3) is 11.9 Å². The summed E-state index contributed by atoms with van der Waals surface area (Å²) in [5.41, 5.74) is 4.14. The Morgan fingerprint density at radius 2 is 2.10 bits per heavy atom. The van der Waals surface area contributed by atoms with Gasteiger partial charge in [-0.1, -0.05) is 0 Å². The van der Waals surface area contributed by atoms with E-state index >= 15 is 0 Å². The Labute approximate surface area is 167 Å². The van der Waals surface area contributed by atoms with Crippen molar-refractivity contribution >= 4 is 28.7 Å². The van der Waals surface area contributed by atoms with Crippen LogP contribution in [0, 0.1) is 5.41 Å². The van der Waals surface area contributed by atoms with Crippen molar-refractivity contribution < 1.29 is 18.7 Å². The minimum Gasteiger partial charge on any atom is -0.493 e. The zero-order valence-electron chi connectivity index (χ0n) is 15.9. The largest absolute Gasteiger partial charge is 0.493 e. The Balaban J connectivity index is 1.21. The van der Waals surface area contributed by atoms with E-state index in [0.29, 0.717) is 23.9 Å². The Bertz CT molecular complexity index is 1120. The monoisotopic (exact) mass is 391 g/mol. The van der Waals surface area contributed by atoms with E-state index in [9.17, 15) is 4.79 Å². The van der Waals surface area contributed by atoms with Crippen molar-refractivity contribution in [1.82, 2.24) is 4.98 Å². The third-order valence-corrected chi connectivity index (χ3v) is 6.11. The number of benzene rings is 2. The number of hydrogen-bond acceptors (Lipinski definition) is 6. The molecule has 6 rings (SSSR count). The van der Waals surface area contributed by atoms with Gasteiger partial charge in [-0.25, -0.2) is 0 Å². The molecule has 1 N–H and O–H groups in total. The molecule has 0 bridgehead atoms. The van der Waals surface area contributed by atoms with E-state index in [1.54, 1.807) is 6.07 Å². The summed E-state index contributed by atoms with van der Waals surface area (Å²) in [5, 5.41) is 2.96. The van der Waals surface area contributed by atoms with Gasteiger partial charge in [-0.2, -0.15) is 4.98 Å². The summed E-state index contributed by atoms with van der Waals surface area (Å²) in [5.74, 6) is 0.726. The van der Waals surface area contributed by atoms with Gasteiger partial charge < -0.3 is 24.1 Å². The number of nitrogens with zero attached hydrogens (tertiary/aromatic N) is 2. The maximum Gasteiger partial charge on any atom is 0.298 e. The van der Waals surface area contributed by atoms with Crippen LogP contribution in [0.1, 0.15) is 22.3 Å². The molecule has 0 aliphatic carbocycles. The lowest BCUT2D eigenvalue weighted by Gasteiger charge is -2.37. The fourth-order valence-electron chi connectivity index (χ4n) is 4.38. The molecule has 3 aliphatic rings. The van der Waals surface area contributed by atoms with Crippen LogP contribution in [0.3, 0.4) is 0 Å². The molecule has 1 aromatic heterocycles. The Kier molecular flexibility index (Phi) is 3.61. The average molecular weight is 391 g/mol. The van der Waals surface area contributed by atoms with Gasteiger partial charge in [-0.3, -0.25) is 4.79 Å². The van der Waals surface area contributed by atoms with Crippen LogP contribution in [0.25, 0.3) is 11.1 Å². The van der Waals surface area contributed by atoms with E-state index in [1.165, 1.54) is 0 Å². The van der Waals surface area contributed by atoms with Gasteiger partial charge in [-0.05, 0) is 48.4 Å². The molecule has 0 saturated carbocycles. The Morgan fingerprint density at radius 1 is 1.17 bits per heavy atom. The summed E-state index contributed by atoms with van der Waals surface area (Å²) in [6.45, 7) is 4.19. The van der Waals surface area contributed by atoms with Crippen LogP contribution in [0.4, 0.5) is 11.7 Å². The van der Waals surface area contributed by atoms with Crippen molar-refractivity contribution in [1.29, 1.82) is 0 Å². The zero-order chi connectivity index (χ0) is 19.4. The molecule has 3 aromatic rings. The first-order chi connectivity index (χ1) is 14.2. The summed E-state index contributed by atoms with van der Waals surface area (Å²) in [6, 6.07) is 11.8. The molecular formula is C22H21N3O4. The molecule has 2 fully saturated rings. The number of ether oxygens (including phenoxy) is 2. The molecule has 148 valence electrons. The van der Waals surface area contributed by atoms with Crippen molar-refractivity contribution in [2.45, 2.75) is 12.8 Å². The topological polar surface area (TPSA) is 76.8 Å². The minimum absolute atomic E-state index is 0.144. The summed E-state index contributed by atoms with van der Waals surface area (Å²) in [6.07, 6.45) is 1.95. The Morgan fingerprint density at radius 3 is 2.93 bits per heavy atom. The van der Waals surface area contributed by atoms with E-state index in [1.807, 2.05) is 30.3 Å². The first-order valence-electron chi connectivity index (χ1n) is 9.98. The smallest absolute Gasteiger partial charge is 0.298 e. The maximum atomic E-state index is 12.7. The highest BCUT2D eigenvalue weighted by atomic mass is 16.5. The van der Waals surface area contributed by atoms with Gasteiger partial charge in [0.05, 0.1) is 19.8 Å². The molecule has 2 aromatic carbocycles. The molecule has 4 heterocycles. The van der Waals surface area contributed by atoms with Gasteiger partial charge in [0.2, 0.25) is 0 Å². The highest BCUT2D eigenvalue weighted by Crippen LogP contribution is 2.39. The van der Waals surface area contributed by atoms with Crippen molar-refractivity contribution in [3.63, 3.8) is 0 Å². The van der Waals surface area contributed by atoms with Gasteiger partial charge in [-0.15, -0.1) is 0 Å². The Hall–Kier alpha value is -3.06. The second-order valence-corrected chi connectivity index (χ2v) is 8.22. The average Bonchev–Trinajstić information content (AvgIpc) is 3.43. The molecule has 7 nitrogen and oxygen atoms in total. The molecule has 0 unspecified atom stereocenters.